The SMILES string of the molecule is c1ccc2sc(N(c3ccc(-c4ccc(N(c5ccc(-c6nc7cccnc7o6)cc5)c5cc6ccccc6s5)cc4)cc3)c3ccc(-c4nc5cccnc5o4)cc3)cc2c1. The van der Waals surface area contributed by atoms with Gasteiger partial charge in [0.1, 0.15) is 21.0 Å². The van der Waals surface area contributed by atoms with Crippen LogP contribution in [0.1, 0.15) is 0 Å². The van der Waals surface area contributed by atoms with Crippen LogP contribution in [0.2, 0.25) is 0 Å². The number of pyridine rings is 2. The van der Waals surface area contributed by atoms with E-state index in [1.165, 1.54) is 20.2 Å². The second kappa shape index (κ2) is 15.0. The fraction of sp³-hybridized carbons (Fsp3) is 0. The van der Waals surface area contributed by atoms with Crippen molar-refractivity contribution < 1.29 is 8.83 Å². The van der Waals surface area contributed by atoms with Gasteiger partial charge in [-0.2, -0.15) is 0 Å². The van der Waals surface area contributed by atoms with Gasteiger partial charge in [-0.3, -0.25) is 0 Å². The second-order valence-corrected chi connectivity index (χ2v) is 16.9. The molecule has 6 aromatic carbocycles. The van der Waals surface area contributed by atoms with Crippen molar-refractivity contribution in [3.8, 4) is 34.0 Å². The Hall–Kier alpha value is -7.92. The van der Waals surface area contributed by atoms with Gasteiger partial charge < -0.3 is 18.6 Å². The number of anilines is 6. The molecule has 0 bridgehead atoms. The van der Waals surface area contributed by atoms with Crippen LogP contribution in [-0.4, -0.2) is 19.9 Å². The van der Waals surface area contributed by atoms with E-state index >= 15 is 0 Å². The molecule has 6 heterocycles. The van der Waals surface area contributed by atoms with Crippen LogP contribution in [0.25, 0.3) is 76.7 Å². The summed E-state index contributed by atoms with van der Waals surface area (Å²) in [6.07, 6.45) is 3.43. The zero-order valence-corrected chi connectivity index (χ0v) is 34.4. The summed E-state index contributed by atoms with van der Waals surface area (Å²) in [5.41, 5.74) is 10.8. The number of oxazole rings is 2. The molecule has 0 atom stereocenters. The highest BCUT2D eigenvalue weighted by Crippen LogP contribution is 2.45. The minimum atomic E-state index is 0.531. The smallest absolute Gasteiger partial charge is 0.247 e. The number of benzene rings is 6. The van der Waals surface area contributed by atoms with Crippen molar-refractivity contribution in [1.29, 1.82) is 0 Å². The molecule has 62 heavy (non-hydrogen) atoms. The molecule has 0 fully saturated rings. The molecule has 0 radical (unpaired) electrons. The molecular formula is C52H32N6O2S2. The van der Waals surface area contributed by atoms with E-state index in [2.05, 4.69) is 187 Å². The first kappa shape index (κ1) is 36.0. The molecule has 8 nitrogen and oxygen atoms in total. The van der Waals surface area contributed by atoms with Crippen LogP contribution in [0.15, 0.2) is 203 Å². The van der Waals surface area contributed by atoms with Gasteiger partial charge in [0.05, 0.1) is 0 Å². The fourth-order valence-electron chi connectivity index (χ4n) is 7.86. The van der Waals surface area contributed by atoms with Gasteiger partial charge >= 0.3 is 0 Å². The van der Waals surface area contributed by atoms with Gasteiger partial charge in [0, 0.05) is 55.7 Å². The second-order valence-electron chi connectivity index (χ2n) is 14.8. The molecule has 12 aromatic rings. The average molecular weight is 837 g/mol. The number of aromatic nitrogens is 4. The summed E-state index contributed by atoms with van der Waals surface area (Å²) in [4.78, 5) is 22.6. The summed E-state index contributed by atoms with van der Waals surface area (Å²) < 4.78 is 14.4. The number of fused-ring (bicyclic) bond motifs is 4. The van der Waals surface area contributed by atoms with Gasteiger partial charge in [-0.25, -0.2) is 19.9 Å². The predicted octanol–water partition coefficient (Wildman–Crippen LogP) is 15.1. The predicted molar refractivity (Wildman–Crippen MR) is 254 cm³/mol. The molecule has 0 N–H and O–H groups in total. The summed E-state index contributed by atoms with van der Waals surface area (Å²) in [5, 5.41) is 4.68. The number of nitrogens with zero attached hydrogens (tertiary/aromatic N) is 6. The highest BCUT2D eigenvalue weighted by atomic mass is 32.1. The Kier molecular flexibility index (Phi) is 8.68. The lowest BCUT2D eigenvalue weighted by Crippen LogP contribution is -2.08. The summed E-state index contributed by atoms with van der Waals surface area (Å²) in [6, 6.07) is 63.4. The van der Waals surface area contributed by atoms with E-state index in [0.717, 1.165) is 66.0 Å². The molecule has 6 aromatic heterocycles. The van der Waals surface area contributed by atoms with Crippen LogP contribution in [-0.2, 0) is 0 Å². The molecule has 0 amide bonds. The highest BCUT2D eigenvalue weighted by molar-refractivity contribution is 7.23. The van der Waals surface area contributed by atoms with E-state index in [1.807, 2.05) is 24.3 Å². The molecule has 294 valence electrons. The first-order chi connectivity index (χ1) is 30.7. The highest BCUT2D eigenvalue weighted by Gasteiger charge is 2.19. The van der Waals surface area contributed by atoms with Crippen LogP contribution in [0.3, 0.4) is 0 Å². The first-order valence-electron chi connectivity index (χ1n) is 20.1. The molecule has 0 unspecified atom stereocenters. The van der Waals surface area contributed by atoms with Gasteiger partial charge in [-0.15, -0.1) is 22.7 Å². The average Bonchev–Trinajstić information content (AvgIpc) is 4.15. The molecule has 0 saturated heterocycles. The van der Waals surface area contributed by atoms with Crippen LogP contribution in [0.5, 0.6) is 0 Å². The summed E-state index contributed by atoms with van der Waals surface area (Å²) in [6.45, 7) is 0. The van der Waals surface area contributed by atoms with Crippen molar-refractivity contribution in [1.82, 2.24) is 19.9 Å². The maximum atomic E-state index is 5.98. The van der Waals surface area contributed by atoms with Gasteiger partial charge in [-0.1, -0.05) is 60.7 Å². The van der Waals surface area contributed by atoms with E-state index in [1.54, 1.807) is 35.1 Å². The Morgan fingerprint density at radius 3 is 1.11 bits per heavy atom. The number of hydrogen-bond acceptors (Lipinski definition) is 10. The van der Waals surface area contributed by atoms with Crippen LogP contribution in [0, 0.1) is 0 Å². The Labute approximate surface area is 363 Å². The summed E-state index contributed by atoms with van der Waals surface area (Å²) in [7, 11) is 0. The lowest BCUT2D eigenvalue weighted by Gasteiger charge is -2.24. The van der Waals surface area contributed by atoms with Gasteiger partial charge in [0.2, 0.25) is 23.2 Å². The third-order valence-corrected chi connectivity index (χ3v) is 13.1. The maximum Gasteiger partial charge on any atom is 0.247 e. The van der Waals surface area contributed by atoms with E-state index in [9.17, 15) is 0 Å². The summed E-state index contributed by atoms with van der Waals surface area (Å²) >= 11 is 3.55. The molecule has 0 spiro atoms. The molecule has 0 aliphatic rings. The van der Waals surface area contributed by atoms with Crippen LogP contribution in [0.4, 0.5) is 32.8 Å². The normalized spacial score (nSPS) is 11.5. The number of thiophene rings is 2. The van der Waals surface area contributed by atoms with Gasteiger partial charge in [0.25, 0.3) is 0 Å². The zero-order valence-electron chi connectivity index (χ0n) is 32.8. The van der Waals surface area contributed by atoms with Gasteiger partial charge in [0.15, 0.2) is 0 Å². The Morgan fingerprint density at radius 2 is 0.742 bits per heavy atom. The van der Waals surface area contributed by atoms with E-state index in [-0.39, 0.29) is 0 Å². The Bertz CT molecular complexity index is 3170. The van der Waals surface area contributed by atoms with Crippen molar-refractivity contribution in [2.75, 3.05) is 9.80 Å². The van der Waals surface area contributed by atoms with Crippen molar-refractivity contribution in [2.24, 2.45) is 0 Å². The largest absolute Gasteiger partial charge is 0.418 e. The third-order valence-electron chi connectivity index (χ3n) is 10.9. The molecule has 0 aliphatic heterocycles. The Morgan fingerprint density at radius 1 is 0.371 bits per heavy atom. The molecule has 12 rings (SSSR count). The number of rotatable bonds is 9. The minimum absolute atomic E-state index is 0.531. The third kappa shape index (κ3) is 6.55. The van der Waals surface area contributed by atoms with Crippen LogP contribution >= 0.6 is 22.7 Å². The molecular weight excluding hydrogens is 805 g/mol. The van der Waals surface area contributed by atoms with Gasteiger partial charge in [-0.05, 0) is 143 Å². The van der Waals surface area contributed by atoms with E-state index in [4.69, 9.17) is 8.83 Å². The first-order valence-corrected chi connectivity index (χ1v) is 21.7. The number of hydrogen-bond donors (Lipinski definition) is 0. The zero-order chi connectivity index (χ0) is 41.0. The van der Waals surface area contributed by atoms with Crippen molar-refractivity contribution in [3.63, 3.8) is 0 Å². The van der Waals surface area contributed by atoms with Crippen molar-refractivity contribution in [2.45, 2.75) is 0 Å². The quantitative estimate of drug-likeness (QED) is 0.142. The van der Waals surface area contributed by atoms with Crippen molar-refractivity contribution >= 4 is 98.1 Å². The standard InChI is InChI=1S/C52H32N6O2S2/c1-3-11-45-37(7-1)31-47(61-45)57(41-25-17-35(18-26-41)49-55-43-9-5-29-53-51(43)59-49)39-21-13-33(14-22-39)34-15-23-40(24-16-34)58(48-32-38-8-2-4-12-46(38)62-48)42-27-19-36(20-28-42)50-56-44-10-6-30-54-52(44)60-50/h1-32H. The van der Waals surface area contributed by atoms with E-state index in [0.29, 0.717) is 23.2 Å². The summed E-state index contributed by atoms with van der Waals surface area (Å²) in [5.74, 6) is 1.10. The molecule has 0 saturated carbocycles. The van der Waals surface area contributed by atoms with E-state index < -0.39 is 0 Å². The lowest BCUT2D eigenvalue weighted by atomic mass is 10.0. The monoisotopic (exact) mass is 836 g/mol. The molecule has 0 aliphatic carbocycles. The van der Waals surface area contributed by atoms with Crippen LogP contribution < -0.4 is 9.80 Å². The molecule has 10 heteroatoms. The fourth-order valence-corrected chi connectivity index (χ4v) is 10.1. The Balaban J connectivity index is 0.864. The minimum Gasteiger partial charge on any atom is -0.418 e. The van der Waals surface area contributed by atoms with Crippen molar-refractivity contribution in [3.05, 3.63) is 194 Å². The lowest BCUT2D eigenvalue weighted by molar-refractivity contribution is 0.607. The maximum absolute atomic E-state index is 5.98. The topological polar surface area (TPSA) is 84.3 Å².